The average molecular weight is 293 g/mol. The van der Waals surface area contributed by atoms with Crippen molar-refractivity contribution in [1.29, 1.82) is 0 Å². The molecule has 2 N–H and O–H groups in total. The van der Waals surface area contributed by atoms with Crippen LogP contribution in [0.15, 0.2) is 24.3 Å². The van der Waals surface area contributed by atoms with Gasteiger partial charge in [-0.1, -0.05) is 19.1 Å². The van der Waals surface area contributed by atoms with E-state index in [1.165, 1.54) is 6.07 Å². The van der Waals surface area contributed by atoms with Gasteiger partial charge in [0.2, 0.25) is 0 Å². The molecule has 0 spiro atoms. The summed E-state index contributed by atoms with van der Waals surface area (Å²) in [4.78, 5) is 4.77. The third-order valence-electron chi connectivity index (χ3n) is 4.91. The third-order valence-corrected chi connectivity index (χ3v) is 4.91. The van der Waals surface area contributed by atoms with E-state index >= 15 is 0 Å². The molecule has 0 aliphatic carbocycles. The number of nitrogens with zero attached hydrogens (tertiary/aromatic N) is 2. The van der Waals surface area contributed by atoms with Gasteiger partial charge in [-0.25, -0.2) is 4.39 Å². The fourth-order valence-electron chi connectivity index (χ4n) is 3.46. The standard InChI is InChI=1S/C17H28FN3/c1-13-10-21(11-16(13)20(3)4)17(2,12-19)9-14-6-5-7-15(18)8-14/h5-8,13,16H,9-12,19H2,1-4H3. The molecule has 0 saturated carbocycles. The fraction of sp³-hybridized carbons (Fsp3) is 0.647. The van der Waals surface area contributed by atoms with E-state index in [2.05, 4.69) is 37.7 Å². The lowest BCUT2D eigenvalue weighted by molar-refractivity contribution is 0.130. The number of hydrogen-bond acceptors (Lipinski definition) is 3. The highest BCUT2D eigenvalue weighted by atomic mass is 19.1. The van der Waals surface area contributed by atoms with Crippen molar-refractivity contribution in [3.63, 3.8) is 0 Å². The number of halogens is 1. The predicted octanol–water partition coefficient (Wildman–Crippen LogP) is 1.97. The first-order valence-electron chi connectivity index (χ1n) is 7.72. The van der Waals surface area contributed by atoms with E-state index in [0.29, 0.717) is 18.5 Å². The first-order chi connectivity index (χ1) is 9.85. The topological polar surface area (TPSA) is 32.5 Å². The Hall–Kier alpha value is -0.970. The average Bonchev–Trinajstić information content (AvgIpc) is 2.81. The quantitative estimate of drug-likeness (QED) is 0.901. The molecule has 0 amide bonds. The molecule has 1 aliphatic rings. The molecule has 2 rings (SSSR count). The zero-order chi connectivity index (χ0) is 15.6. The molecule has 3 atom stereocenters. The Kier molecular flexibility index (Phi) is 5.02. The summed E-state index contributed by atoms with van der Waals surface area (Å²) in [5, 5.41) is 0. The van der Waals surface area contributed by atoms with Crippen molar-refractivity contribution in [3.05, 3.63) is 35.6 Å². The van der Waals surface area contributed by atoms with Gasteiger partial charge in [-0.3, -0.25) is 4.90 Å². The number of rotatable bonds is 5. The SMILES string of the molecule is CC1CN(C(C)(CN)Cc2cccc(F)c2)CC1N(C)C. The molecule has 1 aromatic carbocycles. The van der Waals surface area contributed by atoms with Crippen molar-refractivity contribution >= 4 is 0 Å². The molecule has 1 saturated heterocycles. The molecule has 0 aromatic heterocycles. The van der Waals surface area contributed by atoms with Crippen molar-refractivity contribution < 1.29 is 4.39 Å². The summed E-state index contributed by atoms with van der Waals surface area (Å²) in [6.07, 6.45) is 0.786. The van der Waals surface area contributed by atoms with Crippen molar-refractivity contribution in [1.82, 2.24) is 9.80 Å². The second-order valence-electron chi connectivity index (χ2n) is 6.92. The zero-order valence-corrected chi connectivity index (χ0v) is 13.6. The smallest absolute Gasteiger partial charge is 0.123 e. The molecule has 0 bridgehead atoms. The minimum absolute atomic E-state index is 0.118. The van der Waals surface area contributed by atoms with Crippen LogP contribution < -0.4 is 5.73 Å². The number of likely N-dealkylation sites (tertiary alicyclic amines) is 1. The molecule has 21 heavy (non-hydrogen) atoms. The van der Waals surface area contributed by atoms with Gasteiger partial charge in [0.15, 0.2) is 0 Å². The molecule has 4 heteroatoms. The minimum atomic E-state index is -0.173. The van der Waals surface area contributed by atoms with Gasteiger partial charge in [0.05, 0.1) is 0 Å². The summed E-state index contributed by atoms with van der Waals surface area (Å²) < 4.78 is 13.4. The van der Waals surface area contributed by atoms with Gasteiger partial charge in [0.1, 0.15) is 5.82 Å². The van der Waals surface area contributed by atoms with E-state index in [-0.39, 0.29) is 11.4 Å². The zero-order valence-electron chi connectivity index (χ0n) is 13.6. The van der Waals surface area contributed by atoms with Crippen molar-refractivity contribution in [2.75, 3.05) is 33.7 Å². The van der Waals surface area contributed by atoms with Crippen LogP contribution in [0.2, 0.25) is 0 Å². The van der Waals surface area contributed by atoms with Crippen LogP contribution in [-0.2, 0) is 6.42 Å². The first-order valence-corrected chi connectivity index (χ1v) is 7.72. The van der Waals surface area contributed by atoms with Crippen LogP contribution in [-0.4, -0.2) is 55.1 Å². The summed E-state index contributed by atoms with van der Waals surface area (Å²) in [7, 11) is 4.27. The van der Waals surface area contributed by atoms with Gasteiger partial charge in [0, 0.05) is 31.2 Å². The van der Waals surface area contributed by atoms with E-state index in [1.807, 2.05) is 6.07 Å². The molecular formula is C17H28FN3. The molecule has 1 aromatic rings. The van der Waals surface area contributed by atoms with Gasteiger partial charge in [-0.2, -0.15) is 0 Å². The van der Waals surface area contributed by atoms with E-state index in [1.54, 1.807) is 12.1 Å². The predicted molar refractivity (Wildman–Crippen MR) is 85.8 cm³/mol. The number of benzene rings is 1. The van der Waals surface area contributed by atoms with Crippen molar-refractivity contribution in [2.24, 2.45) is 11.7 Å². The molecule has 1 aliphatic heterocycles. The summed E-state index contributed by atoms with van der Waals surface area (Å²) >= 11 is 0. The van der Waals surface area contributed by atoms with E-state index < -0.39 is 0 Å². The first kappa shape index (κ1) is 16.4. The molecule has 3 unspecified atom stereocenters. The normalized spacial score (nSPS) is 26.2. The van der Waals surface area contributed by atoms with Crippen LogP contribution in [0.1, 0.15) is 19.4 Å². The molecular weight excluding hydrogens is 265 g/mol. The van der Waals surface area contributed by atoms with E-state index in [0.717, 1.165) is 25.1 Å². The number of likely N-dealkylation sites (N-methyl/N-ethyl adjacent to an activating group) is 1. The van der Waals surface area contributed by atoms with Gasteiger partial charge in [-0.05, 0) is 51.1 Å². The Labute approximate surface area is 127 Å². The Morgan fingerprint density at radius 1 is 1.38 bits per heavy atom. The van der Waals surface area contributed by atoms with Gasteiger partial charge in [-0.15, -0.1) is 0 Å². The summed E-state index contributed by atoms with van der Waals surface area (Å²) in [6, 6.07) is 7.43. The van der Waals surface area contributed by atoms with Crippen LogP contribution in [0.4, 0.5) is 4.39 Å². The maximum Gasteiger partial charge on any atom is 0.123 e. The largest absolute Gasteiger partial charge is 0.329 e. The third kappa shape index (κ3) is 3.62. The van der Waals surface area contributed by atoms with E-state index in [4.69, 9.17) is 5.73 Å². The Bertz CT molecular complexity index is 477. The Morgan fingerprint density at radius 3 is 2.62 bits per heavy atom. The highest BCUT2D eigenvalue weighted by Gasteiger charge is 2.40. The van der Waals surface area contributed by atoms with Gasteiger partial charge < -0.3 is 10.6 Å². The lowest BCUT2D eigenvalue weighted by Gasteiger charge is -2.38. The van der Waals surface area contributed by atoms with Crippen LogP contribution in [0, 0.1) is 11.7 Å². The maximum atomic E-state index is 13.4. The summed E-state index contributed by atoms with van der Waals surface area (Å²) in [5.41, 5.74) is 6.99. The lowest BCUT2D eigenvalue weighted by atomic mass is 9.91. The highest BCUT2D eigenvalue weighted by molar-refractivity contribution is 5.19. The van der Waals surface area contributed by atoms with Gasteiger partial charge >= 0.3 is 0 Å². The minimum Gasteiger partial charge on any atom is -0.329 e. The van der Waals surface area contributed by atoms with Crippen LogP contribution >= 0.6 is 0 Å². The van der Waals surface area contributed by atoms with E-state index in [9.17, 15) is 4.39 Å². The molecule has 0 radical (unpaired) electrons. The summed E-state index contributed by atoms with van der Waals surface area (Å²) in [6.45, 7) is 7.14. The molecule has 3 nitrogen and oxygen atoms in total. The highest BCUT2D eigenvalue weighted by Crippen LogP contribution is 2.29. The second kappa shape index (κ2) is 6.42. The number of hydrogen-bond donors (Lipinski definition) is 1. The van der Waals surface area contributed by atoms with Crippen molar-refractivity contribution in [2.45, 2.75) is 31.8 Å². The second-order valence-corrected chi connectivity index (χ2v) is 6.92. The van der Waals surface area contributed by atoms with Crippen molar-refractivity contribution in [3.8, 4) is 0 Å². The molecule has 1 heterocycles. The van der Waals surface area contributed by atoms with Crippen LogP contribution in [0.5, 0.6) is 0 Å². The molecule has 1 fully saturated rings. The van der Waals surface area contributed by atoms with Crippen LogP contribution in [0.25, 0.3) is 0 Å². The van der Waals surface area contributed by atoms with Crippen LogP contribution in [0.3, 0.4) is 0 Å². The number of nitrogens with two attached hydrogens (primary N) is 1. The van der Waals surface area contributed by atoms with Gasteiger partial charge in [0.25, 0.3) is 0 Å². The summed E-state index contributed by atoms with van der Waals surface area (Å²) in [5.74, 6) is 0.450. The maximum absolute atomic E-state index is 13.4. The monoisotopic (exact) mass is 293 g/mol. The fourth-order valence-corrected chi connectivity index (χ4v) is 3.46. The lowest BCUT2D eigenvalue weighted by Crippen LogP contribution is -2.53. The Balaban J connectivity index is 2.14. The molecule has 118 valence electrons. The Morgan fingerprint density at radius 2 is 2.10 bits per heavy atom.